The smallest absolute Gasteiger partial charge is 0.234 e. The second-order valence-corrected chi connectivity index (χ2v) is 5.63. The maximum atomic E-state index is 11.8. The number of aliphatic hydroxyl groups is 1. The van der Waals surface area contributed by atoms with Crippen molar-refractivity contribution in [1.29, 1.82) is 0 Å². The van der Waals surface area contributed by atoms with Gasteiger partial charge in [-0.05, 0) is 42.0 Å². The van der Waals surface area contributed by atoms with Crippen molar-refractivity contribution in [3.05, 3.63) is 59.1 Å². The monoisotopic (exact) mass is 307 g/mol. The van der Waals surface area contributed by atoms with Gasteiger partial charge in [0.25, 0.3) is 0 Å². The molecule has 0 aliphatic carbocycles. The average molecular weight is 308 g/mol. The van der Waals surface area contributed by atoms with Gasteiger partial charge in [0.2, 0.25) is 5.91 Å². The topological polar surface area (TPSA) is 49.3 Å². The molecule has 5 heteroatoms. The van der Waals surface area contributed by atoms with Gasteiger partial charge in [0.15, 0.2) is 0 Å². The van der Waals surface area contributed by atoms with Gasteiger partial charge in [-0.15, -0.1) is 11.8 Å². The molecule has 0 aromatic heterocycles. The second kappa shape index (κ2) is 7.33. The molecule has 0 unspecified atom stereocenters. The van der Waals surface area contributed by atoms with Crippen LogP contribution in [0.3, 0.4) is 0 Å². The molecular formula is C15H14ClNO2S. The summed E-state index contributed by atoms with van der Waals surface area (Å²) in [6.45, 7) is -0.0385. The molecule has 20 heavy (non-hydrogen) atoms. The van der Waals surface area contributed by atoms with Gasteiger partial charge in [-0.3, -0.25) is 4.79 Å². The third-order valence-electron chi connectivity index (χ3n) is 2.58. The van der Waals surface area contributed by atoms with Gasteiger partial charge < -0.3 is 10.4 Å². The molecule has 0 fully saturated rings. The molecule has 0 atom stereocenters. The molecule has 0 heterocycles. The number of rotatable bonds is 5. The standard InChI is InChI=1S/C15H14ClNO2S/c16-12-4-6-14(7-5-12)20-10-15(19)17-13-3-1-2-11(8-13)9-18/h1-8,18H,9-10H2,(H,17,19). The van der Waals surface area contributed by atoms with E-state index in [9.17, 15) is 4.79 Å². The molecule has 0 radical (unpaired) electrons. The quantitative estimate of drug-likeness (QED) is 0.830. The van der Waals surface area contributed by atoms with Crippen molar-refractivity contribution >= 4 is 35.0 Å². The van der Waals surface area contributed by atoms with E-state index in [-0.39, 0.29) is 12.5 Å². The van der Waals surface area contributed by atoms with Crippen molar-refractivity contribution < 1.29 is 9.90 Å². The normalized spacial score (nSPS) is 10.3. The van der Waals surface area contributed by atoms with Crippen LogP contribution in [0.5, 0.6) is 0 Å². The Labute approximate surface area is 127 Å². The fourth-order valence-electron chi connectivity index (χ4n) is 1.62. The molecule has 0 saturated heterocycles. The van der Waals surface area contributed by atoms with Crippen molar-refractivity contribution in [2.24, 2.45) is 0 Å². The van der Waals surface area contributed by atoms with Gasteiger partial charge in [-0.1, -0.05) is 23.7 Å². The van der Waals surface area contributed by atoms with Gasteiger partial charge in [-0.25, -0.2) is 0 Å². The lowest BCUT2D eigenvalue weighted by Crippen LogP contribution is -2.14. The SMILES string of the molecule is O=C(CSc1ccc(Cl)cc1)Nc1cccc(CO)c1. The van der Waals surface area contributed by atoms with Gasteiger partial charge in [-0.2, -0.15) is 0 Å². The van der Waals surface area contributed by atoms with Crippen molar-refractivity contribution in [1.82, 2.24) is 0 Å². The Hall–Kier alpha value is -1.49. The van der Waals surface area contributed by atoms with Crippen molar-refractivity contribution in [3.63, 3.8) is 0 Å². The summed E-state index contributed by atoms with van der Waals surface area (Å²) in [5, 5.41) is 12.5. The van der Waals surface area contributed by atoms with E-state index in [1.54, 1.807) is 36.4 Å². The van der Waals surface area contributed by atoms with Crippen LogP contribution in [0.4, 0.5) is 5.69 Å². The molecule has 2 rings (SSSR count). The fraction of sp³-hybridized carbons (Fsp3) is 0.133. The molecule has 2 aromatic carbocycles. The van der Waals surface area contributed by atoms with Crippen LogP contribution in [0.2, 0.25) is 5.02 Å². The predicted molar refractivity (Wildman–Crippen MR) is 83.2 cm³/mol. The molecule has 3 nitrogen and oxygen atoms in total. The van der Waals surface area contributed by atoms with Gasteiger partial charge in [0.1, 0.15) is 0 Å². The number of hydrogen-bond donors (Lipinski definition) is 2. The zero-order chi connectivity index (χ0) is 14.4. The summed E-state index contributed by atoms with van der Waals surface area (Å²) in [6, 6.07) is 14.5. The summed E-state index contributed by atoms with van der Waals surface area (Å²) in [6.07, 6.45) is 0. The maximum Gasteiger partial charge on any atom is 0.234 e. The third kappa shape index (κ3) is 4.56. The number of carbonyl (C=O) groups is 1. The van der Waals surface area contributed by atoms with Crippen LogP contribution in [0, 0.1) is 0 Å². The lowest BCUT2D eigenvalue weighted by molar-refractivity contribution is -0.113. The largest absolute Gasteiger partial charge is 0.392 e. The number of amides is 1. The van der Waals surface area contributed by atoms with Crippen LogP contribution in [0.1, 0.15) is 5.56 Å². The summed E-state index contributed by atoms with van der Waals surface area (Å²) in [5.41, 5.74) is 1.46. The maximum absolute atomic E-state index is 11.8. The van der Waals surface area contributed by atoms with E-state index in [1.807, 2.05) is 12.1 Å². The first-order valence-electron chi connectivity index (χ1n) is 6.05. The number of benzene rings is 2. The van der Waals surface area contributed by atoms with E-state index in [1.165, 1.54) is 11.8 Å². The van der Waals surface area contributed by atoms with Crippen LogP contribution in [0.15, 0.2) is 53.4 Å². The molecule has 0 aliphatic rings. The van der Waals surface area contributed by atoms with Gasteiger partial charge in [0, 0.05) is 15.6 Å². The number of nitrogens with one attached hydrogen (secondary N) is 1. The molecule has 0 spiro atoms. The first-order chi connectivity index (χ1) is 9.67. The first kappa shape index (κ1) is 14.9. The minimum atomic E-state index is -0.0833. The number of aliphatic hydroxyl groups excluding tert-OH is 1. The lowest BCUT2D eigenvalue weighted by Gasteiger charge is -2.06. The number of halogens is 1. The third-order valence-corrected chi connectivity index (χ3v) is 3.84. The van der Waals surface area contributed by atoms with E-state index >= 15 is 0 Å². The predicted octanol–water partition coefficient (Wildman–Crippen LogP) is 3.56. The Kier molecular flexibility index (Phi) is 5.47. The molecule has 2 aromatic rings. The van der Waals surface area contributed by atoms with Crippen LogP contribution in [-0.4, -0.2) is 16.8 Å². The summed E-state index contributed by atoms with van der Waals surface area (Å²) in [7, 11) is 0. The number of carbonyl (C=O) groups excluding carboxylic acids is 1. The second-order valence-electron chi connectivity index (χ2n) is 4.15. The Morgan fingerprint density at radius 3 is 2.65 bits per heavy atom. The lowest BCUT2D eigenvalue weighted by atomic mass is 10.2. The fourth-order valence-corrected chi connectivity index (χ4v) is 2.45. The molecule has 0 aliphatic heterocycles. The first-order valence-corrected chi connectivity index (χ1v) is 7.42. The summed E-state index contributed by atoms with van der Waals surface area (Å²) < 4.78 is 0. The molecule has 2 N–H and O–H groups in total. The molecule has 1 amide bonds. The minimum absolute atomic E-state index is 0.0385. The highest BCUT2D eigenvalue weighted by Crippen LogP contribution is 2.20. The Balaban J connectivity index is 1.87. The average Bonchev–Trinajstić information content (AvgIpc) is 2.47. The Morgan fingerprint density at radius 1 is 1.20 bits per heavy atom. The highest BCUT2D eigenvalue weighted by Gasteiger charge is 2.04. The highest BCUT2D eigenvalue weighted by atomic mass is 35.5. The molecule has 104 valence electrons. The van der Waals surface area contributed by atoms with Gasteiger partial charge >= 0.3 is 0 Å². The Bertz CT molecular complexity index is 587. The van der Waals surface area contributed by atoms with E-state index in [4.69, 9.17) is 16.7 Å². The highest BCUT2D eigenvalue weighted by molar-refractivity contribution is 8.00. The van der Waals surface area contributed by atoms with Gasteiger partial charge in [0.05, 0.1) is 12.4 Å². The molecular weight excluding hydrogens is 294 g/mol. The molecule has 0 bridgehead atoms. The van der Waals surface area contributed by atoms with Crippen molar-refractivity contribution in [2.75, 3.05) is 11.1 Å². The number of hydrogen-bond acceptors (Lipinski definition) is 3. The summed E-state index contributed by atoms with van der Waals surface area (Å²) >= 11 is 7.25. The summed E-state index contributed by atoms with van der Waals surface area (Å²) in [5.74, 6) is 0.241. The van der Waals surface area contributed by atoms with Crippen molar-refractivity contribution in [2.45, 2.75) is 11.5 Å². The van der Waals surface area contributed by atoms with E-state index < -0.39 is 0 Å². The van der Waals surface area contributed by atoms with Crippen LogP contribution in [-0.2, 0) is 11.4 Å². The van der Waals surface area contributed by atoms with Crippen LogP contribution in [0.25, 0.3) is 0 Å². The van der Waals surface area contributed by atoms with Crippen molar-refractivity contribution in [3.8, 4) is 0 Å². The van der Waals surface area contributed by atoms with Crippen LogP contribution >= 0.6 is 23.4 Å². The zero-order valence-corrected chi connectivity index (χ0v) is 12.2. The van der Waals surface area contributed by atoms with E-state index in [2.05, 4.69) is 5.32 Å². The van der Waals surface area contributed by atoms with E-state index in [0.717, 1.165) is 10.5 Å². The number of anilines is 1. The Morgan fingerprint density at radius 2 is 1.95 bits per heavy atom. The minimum Gasteiger partial charge on any atom is -0.392 e. The zero-order valence-electron chi connectivity index (χ0n) is 10.7. The van der Waals surface area contributed by atoms with E-state index in [0.29, 0.717) is 16.5 Å². The number of thioether (sulfide) groups is 1. The van der Waals surface area contributed by atoms with Crippen LogP contribution < -0.4 is 5.32 Å². The molecule has 0 saturated carbocycles. The summed E-state index contributed by atoms with van der Waals surface area (Å²) in [4.78, 5) is 12.8.